The SMILES string of the molecule is CSC1C[C@@H](C(=O)NCCCCNC=NN)N(C(=O)CNS(=O)(=O)c2ccc3ccccc3c2)C1. The maximum Gasteiger partial charge on any atom is 0.242 e. The number of sulfonamides is 1. The van der Waals surface area contributed by atoms with Crippen LogP contribution in [0.4, 0.5) is 0 Å². The van der Waals surface area contributed by atoms with Gasteiger partial charge in [0.15, 0.2) is 0 Å². The number of nitrogens with two attached hydrogens (primary N) is 1. The molecule has 0 aromatic heterocycles. The first-order chi connectivity index (χ1) is 16.9. The predicted molar refractivity (Wildman–Crippen MR) is 139 cm³/mol. The maximum absolute atomic E-state index is 13.0. The van der Waals surface area contributed by atoms with E-state index < -0.39 is 28.5 Å². The van der Waals surface area contributed by atoms with Crippen LogP contribution < -0.4 is 21.2 Å². The zero-order valence-electron chi connectivity index (χ0n) is 19.6. The molecule has 2 aromatic carbocycles. The Morgan fingerprint density at radius 1 is 1.17 bits per heavy atom. The van der Waals surface area contributed by atoms with E-state index in [0.717, 1.165) is 23.6 Å². The van der Waals surface area contributed by atoms with Crippen molar-refractivity contribution in [2.75, 3.05) is 32.4 Å². The number of nitrogens with one attached hydrogen (secondary N) is 3. The number of rotatable bonds is 12. The van der Waals surface area contributed by atoms with Crippen LogP contribution in [0.2, 0.25) is 0 Å². The van der Waals surface area contributed by atoms with Crippen LogP contribution in [0, 0.1) is 0 Å². The van der Waals surface area contributed by atoms with Gasteiger partial charge in [0.1, 0.15) is 12.4 Å². The second kappa shape index (κ2) is 12.8. The van der Waals surface area contributed by atoms with Gasteiger partial charge in [-0.25, -0.2) is 13.1 Å². The predicted octanol–water partition coefficient (Wildman–Crippen LogP) is 0.839. The molecule has 1 unspecified atom stereocenters. The Balaban J connectivity index is 1.56. The molecule has 1 aliphatic heterocycles. The highest BCUT2D eigenvalue weighted by Crippen LogP contribution is 2.26. The van der Waals surface area contributed by atoms with Crippen LogP contribution in [0.25, 0.3) is 10.8 Å². The Hall–Kier alpha value is -2.83. The molecule has 1 heterocycles. The zero-order chi connectivity index (χ0) is 25.3. The van der Waals surface area contributed by atoms with Gasteiger partial charge in [-0.15, -0.1) is 0 Å². The first-order valence-electron chi connectivity index (χ1n) is 11.4. The Morgan fingerprint density at radius 3 is 2.66 bits per heavy atom. The van der Waals surface area contributed by atoms with Gasteiger partial charge in [0.05, 0.1) is 11.4 Å². The summed E-state index contributed by atoms with van der Waals surface area (Å²) >= 11 is 1.59. The van der Waals surface area contributed by atoms with Crippen LogP contribution in [-0.4, -0.2) is 75.2 Å². The number of thioether (sulfide) groups is 1. The van der Waals surface area contributed by atoms with Gasteiger partial charge in [0.2, 0.25) is 21.8 Å². The Bertz CT molecular complexity index is 1160. The summed E-state index contributed by atoms with van der Waals surface area (Å²) in [5.74, 6) is 4.37. The Morgan fingerprint density at radius 2 is 1.91 bits per heavy atom. The third kappa shape index (κ3) is 7.33. The largest absolute Gasteiger partial charge is 0.375 e. The van der Waals surface area contributed by atoms with E-state index in [2.05, 4.69) is 20.5 Å². The minimum atomic E-state index is -3.89. The summed E-state index contributed by atoms with van der Waals surface area (Å²) in [6.45, 7) is 1.17. The lowest BCUT2D eigenvalue weighted by atomic mass is 10.1. The number of amides is 2. The Labute approximate surface area is 210 Å². The topological polar surface area (TPSA) is 146 Å². The van der Waals surface area contributed by atoms with Crippen LogP contribution in [0.1, 0.15) is 19.3 Å². The van der Waals surface area contributed by atoms with Crippen molar-refractivity contribution in [2.45, 2.75) is 35.4 Å². The molecule has 1 fully saturated rings. The molecule has 1 aliphatic rings. The second-order valence-electron chi connectivity index (χ2n) is 8.22. The maximum atomic E-state index is 13.0. The number of hydrogen-bond acceptors (Lipinski definition) is 7. The lowest BCUT2D eigenvalue weighted by molar-refractivity contribution is -0.137. The van der Waals surface area contributed by atoms with E-state index in [1.807, 2.05) is 30.5 Å². The molecule has 0 saturated carbocycles. The number of carbonyl (C=O) groups is 2. The van der Waals surface area contributed by atoms with Crippen molar-refractivity contribution in [1.82, 2.24) is 20.3 Å². The molecule has 1 saturated heterocycles. The lowest BCUT2D eigenvalue weighted by Gasteiger charge is -2.24. The van der Waals surface area contributed by atoms with E-state index >= 15 is 0 Å². The molecule has 2 atom stereocenters. The van der Waals surface area contributed by atoms with Gasteiger partial charge < -0.3 is 21.4 Å². The molecular formula is C23H32N6O4S2. The van der Waals surface area contributed by atoms with Gasteiger partial charge in [-0.2, -0.15) is 16.9 Å². The first kappa shape index (κ1) is 26.8. The molecule has 12 heteroatoms. The minimum absolute atomic E-state index is 0.0916. The highest BCUT2D eigenvalue weighted by Gasteiger charge is 2.39. The number of nitrogens with zero attached hydrogens (tertiary/aromatic N) is 2. The summed E-state index contributed by atoms with van der Waals surface area (Å²) < 4.78 is 28.0. The number of unbranched alkanes of at least 4 members (excludes halogenated alkanes) is 1. The van der Waals surface area contributed by atoms with E-state index in [-0.39, 0.29) is 16.1 Å². The van der Waals surface area contributed by atoms with E-state index in [1.165, 1.54) is 17.3 Å². The highest BCUT2D eigenvalue weighted by molar-refractivity contribution is 7.99. The molecule has 0 bridgehead atoms. The number of carbonyl (C=O) groups excluding carboxylic acids is 2. The quantitative estimate of drug-likeness (QED) is 0.107. The molecule has 0 aliphatic carbocycles. The fraction of sp³-hybridized carbons (Fsp3) is 0.435. The summed E-state index contributed by atoms with van der Waals surface area (Å²) in [7, 11) is -3.89. The second-order valence-corrected chi connectivity index (χ2v) is 11.1. The van der Waals surface area contributed by atoms with E-state index in [0.29, 0.717) is 26.1 Å². The smallest absolute Gasteiger partial charge is 0.242 e. The van der Waals surface area contributed by atoms with Crippen molar-refractivity contribution >= 4 is 50.7 Å². The monoisotopic (exact) mass is 520 g/mol. The molecule has 2 aromatic rings. The number of benzene rings is 2. The van der Waals surface area contributed by atoms with Crippen LogP contribution in [0.5, 0.6) is 0 Å². The summed E-state index contributed by atoms with van der Waals surface area (Å²) in [5.41, 5.74) is 0. The molecule has 10 nitrogen and oxygen atoms in total. The van der Waals surface area contributed by atoms with Crippen molar-refractivity contribution in [3.05, 3.63) is 42.5 Å². The minimum Gasteiger partial charge on any atom is -0.375 e. The molecule has 0 spiro atoms. The van der Waals surface area contributed by atoms with Gasteiger partial charge in [-0.3, -0.25) is 9.59 Å². The van der Waals surface area contributed by atoms with Gasteiger partial charge >= 0.3 is 0 Å². The van der Waals surface area contributed by atoms with E-state index in [1.54, 1.807) is 23.9 Å². The average molecular weight is 521 g/mol. The summed E-state index contributed by atoms with van der Waals surface area (Å²) in [6, 6.07) is 11.7. The summed E-state index contributed by atoms with van der Waals surface area (Å²) in [6.07, 6.45) is 5.47. The Kier molecular flexibility index (Phi) is 9.75. The van der Waals surface area contributed by atoms with Crippen molar-refractivity contribution in [1.29, 1.82) is 0 Å². The highest BCUT2D eigenvalue weighted by atomic mass is 32.2. The molecular weight excluding hydrogens is 488 g/mol. The van der Waals surface area contributed by atoms with Gasteiger partial charge in [0.25, 0.3) is 0 Å². The molecule has 2 amide bonds. The van der Waals surface area contributed by atoms with Gasteiger partial charge in [-0.05, 0) is 48.4 Å². The fourth-order valence-electron chi connectivity index (χ4n) is 3.97. The molecule has 0 radical (unpaired) electrons. The standard InChI is InChI=1S/C23H32N6O4S2/c1-34-19-13-21(23(31)26-11-5-4-10-25-16-27-24)29(15-19)22(30)14-28-35(32,33)20-9-8-17-6-2-3-7-18(17)12-20/h2-3,6-9,12,16,19,21,28H,4-5,10-11,13-15,24H2,1H3,(H,25,27)(H,26,31)/t19?,21-/m0/s1. The average Bonchev–Trinajstić information content (AvgIpc) is 3.31. The van der Waals surface area contributed by atoms with Crippen molar-refractivity contribution < 1.29 is 18.0 Å². The lowest BCUT2D eigenvalue weighted by Crippen LogP contribution is -2.49. The number of hydrazone groups is 1. The number of fused-ring (bicyclic) bond motifs is 1. The fourth-order valence-corrected chi connectivity index (χ4v) is 5.66. The molecule has 190 valence electrons. The third-order valence-corrected chi connectivity index (χ3v) is 8.28. The summed E-state index contributed by atoms with van der Waals surface area (Å²) in [5, 5.41) is 11.0. The molecule has 5 N–H and O–H groups in total. The van der Waals surface area contributed by atoms with E-state index in [9.17, 15) is 18.0 Å². The van der Waals surface area contributed by atoms with Gasteiger partial charge in [-0.1, -0.05) is 30.3 Å². The van der Waals surface area contributed by atoms with E-state index in [4.69, 9.17) is 5.84 Å². The van der Waals surface area contributed by atoms with Crippen molar-refractivity contribution in [2.24, 2.45) is 10.9 Å². The van der Waals surface area contributed by atoms with Gasteiger partial charge in [0, 0.05) is 24.9 Å². The van der Waals surface area contributed by atoms with Crippen LogP contribution >= 0.6 is 11.8 Å². The van der Waals surface area contributed by atoms with Crippen molar-refractivity contribution in [3.8, 4) is 0 Å². The number of hydrogen-bond donors (Lipinski definition) is 4. The van der Waals surface area contributed by atoms with Crippen LogP contribution in [0.15, 0.2) is 52.5 Å². The van der Waals surface area contributed by atoms with Crippen LogP contribution in [-0.2, 0) is 19.6 Å². The molecule has 3 rings (SSSR count). The zero-order valence-corrected chi connectivity index (χ0v) is 21.3. The first-order valence-corrected chi connectivity index (χ1v) is 14.2. The van der Waals surface area contributed by atoms with Crippen molar-refractivity contribution in [3.63, 3.8) is 0 Å². The molecule has 35 heavy (non-hydrogen) atoms. The number of likely N-dealkylation sites (tertiary alicyclic amines) is 1. The summed E-state index contributed by atoms with van der Waals surface area (Å²) in [4.78, 5) is 27.3. The van der Waals surface area contributed by atoms with Crippen LogP contribution in [0.3, 0.4) is 0 Å². The third-order valence-electron chi connectivity index (χ3n) is 5.88. The normalized spacial score (nSPS) is 18.3.